The van der Waals surface area contributed by atoms with E-state index in [0.717, 1.165) is 9.13 Å². The van der Waals surface area contributed by atoms with Gasteiger partial charge in [-0.2, -0.15) is 0 Å². The van der Waals surface area contributed by atoms with Crippen molar-refractivity contribution < 1.29 is 9.50 Å². The van der Waals surface area contributed by atoms with Crippen molar-refractivity contribution >= 4 is 45.8 Å². The molecule has 0 radical (unpaired) electrons. The molecule has 1 nitrogen and oxygen atoms in total. The number of rotatable bonds is 3. The van der Waals surface area contributed by atoms with Gasteiger partial charge in [-0.15, -0.1) is 0 Å². The standard InChI is InChI=1S/C14H10Cl2FIO/c15-9-2-4-13(18)10(7-9)14(19)6-8-1-3-11(16)12(17)5-8/h1-5,7,14,19H,6H2. The molecule has 19 heavy (non-hydrogen) atoms. The lowest BCUT2D eigenvalue weighted by molar-refractivity contribution is 0.177. The molecule has 0 saturated carbocycles. The summed E-state index contributed by atoms with van der Waals surface area (Å²) in [7, 11) is 0. The fourth-order valence-corrected chi connectivity index (χ4v) is 2.76. The maximum Gasteiger partial charge on any atom is 0.142 e. The summed E-state index contributed by atoms with van der Waals surface area (Å²) in [5.74, 6) is -0.479. The summed E-state index contributed by atoms with van der Waals surface area (Å²) in [4.78, 5) is 0. The normalized spacial score (nSPS) is 12.5. The van der Waals surface area contributed by atoms with Crippen molar-refractivity contribution in [3.8, 4) is 0 Å². The van der Waals surface area contributed by atoms with E-state index < -0.39 is 11.9 Å². The highest BCUT2D eigenvalue weighted by Gasteiger charge is 2.13. The second-order valence-corrected chi connectivity index (χ2v) is 6.14. The maximum atomic E-state index is 13.3. The first-order valence-corrected chi connectivity index (χ1v) is 7.38. The Balaban J connectivity index is 2.22. The van der Waals surface area contributed by atoms with Crippen LogP contribution >= 0.6 is 45.8 Å². The summed E-state index contributed by atoms with van der Waals surface area (Å²) in [6.07, 6.45) is -0.420. The number of benzene rings is 2. The highest BCUT2D eigenvalue weighted by Crippen LogP contribution is 2.27. The molecular formula is C14H10Cl2FIO. The van der Waals surface area contributed by atoms with Gasteiger partial charge in [0.15, 0.2) is 0 Å². The van der Waals surface area contributed by atoms with Crippen LogP contribution in [0.3, 0.4) is 0 Å². The summed E-state index contributed by atoms with van der Waals surface area (Å²) in [5.41, 5.74) is 1.42. The van der Waals surface area contributed by atoms with E-state index >= 15 is 0 Å². The van der Waals surface area contributed by atoms with Crippen LogP contribution in [0.15, 0.2) is 36.4 Å². The quantitative estimate of drug-likeness (QED) is 0.705. The Labute approximate surface area is 134 Å². The molecule has 0 spiro atoms. The van der Waals surface area contributed by atoms with Crippen LogP contribution in [0.5, 0.6) is 0 Å². The van der Waals surface area contributed by atoms with Crippen molar-refractivity contribution in [1.82, 2.24) is 0 Å². The summed E-state index contributed by atoms with van der Waals surface area (Å²) in [6.45, 7) is 0. The van der Waals surface area contributed by atoms with Crippen molar-refractivity contribution in [3.05, 3.63) is 67.0 Å². The lowest BCUT2D eigenvalue weighted by Crippen LogP contribution is -2.04. The Bertz CT molecular complexity index is 604. The Morgan fingerprint density at radius 3 is 2.58 bits per heavy atom. The van der Waals surface area contributed by atoms with Crippen LogP contribution in [0, 0.1) is 9.39 Å². The molecule has 0 fully saturated rings. The molecule has 0 aromatic heterocycles. The average molecular weight is 411 g/mol. The molecule has 2 rings (SSSR count). The fourth-order valence-electron chi connectivity index (χ4n) is 1.77. The second kappa shape index (κ2) is 6.39. The molecule has 0 saturated heterocycles. The van der Waals surface area contributed by atoms with E-state index in [2.05, 4.69) is 22.6 Å². The number of aliphatic hydroxyl groups is 1. The van der Waals surface area contributed by atoms with E-state index in [1.807, 2.05) is 6.07 Å². The minimum Gasteiger partial charge on any atom is -0.388 e. The molecule has 1 atom stereocenters. The first-order chi connectivity index (χ1) is 8.97. The molecule has 1 N–H and O–H groups in total. The smallest absolute Gasteiger partial charge is 0.142 e. The Morgan fingerprint density at radius 1 is 1.16 bits per heavy atom. The van der Waals surface area contributed by atoms with Gasteiger partial charge in [-0.3, -0.25) is 0 Å². The highest BCUT2D eigenvalue weighted by molar-refractivity contribution is 14.1. The third-order valence-electron chi connectivity index (χ3n) is 2.73. The molecule has 2 aromatic rings. The molecule has 0 aliphatic rings. The van der Waals surface area contributed by atoms with E-state index in [1.54, 1.807) is 18.2 Å². The molecule has 0 aliphatic heterocycles. The third-order valence-corrected chi connectivity index (χ3v) is 4.25. The van der Waals surface area contributed by atoms with Gasteiger partial charge in [0.05, 0.1) is 11.1 Å². The van der Waals surface area contributed by atoms with Crippen LogP contribution in [-0.2, 0) is 6.42 Å². The number of hydrogen-bond donors (Lipinski definition) is 1. The van der Waals surface area contributed by atoms with E-state index in [4.69, 9.17) is 23.2 Å². The minimum absolute atomic E-state index is 0.0792. The van der Waals surface area contributed by atoms with Gasteiger partial charge in [0, 0.05) is 15.0 Å². The summed E-state index contributed by atoms with van der Waals surface area (Å²) >= 11 is 13.7. The van der Waals surface area contributed by atoms with E-state index in [1.165, 1.54) is 12.1 Å². The summed E-state index contributed by atoms with van der Waals surface area (Å²) in [6, 6.07) is 9.85. The average Bonchev–Trinajstić information content (AvgIpc) is 2.36. The Hall–Kier alpha value is -0.360. The predicted octanol–water partition coefficient (Wildman–Crippen LogP) is 5.01. The van der Waals surface area contributed by atoms with Crippen LogP contribution in [0.25, 0.3) is 0 Å². The van der Waals surface area contributed by atoms with Gasteiger partial charge in [-0.1, -0.05) is 29.3 Å². The number of hydrogen-bond acceptors (Lipinski definition) is 1. The first kappa shape index (κ1) is 15.0. The summed E-state index contributed by atoms with van der Waals surface area (Å²) in [5, 5.41) is 10.9. The van der Waals surface area contributed by atoms with Crippen molar-refractivity contribution in [1.29, 1.82) is 0 Å². The zero-order chi connectivity index (χ0) is 14.0. The molecule has 1 unspecified atom stereocenters. The molecule has 0 amide bonds. The lowest BCUT2D eigenvalue weighted by Gasteiger charge is -2.13. The van der Waals surface area contributed by atoms with E-state index in [-0.39, 0.29) is 5.02 Å². The molecule has 2 aromatic carbocycles. The zero-order valence-electron chi connectivity index (χ0n) is 9.71. The molecular weight excluding hydrogens is 401 g/mol. The minimum atomic E-state index is -0.730. The van der Waals surface area contributed by atoms with Crippen LogP contribution in [-0.4, -0.2) is 5.11 Å². The maximum absolute atomic E-state index is 13.3. The first-order valence-electron chi connectivity index (χ1n) is 5.54. The second-order valence-electron chi connectivity index (χ2n) is 4.13. The van der Waals surface area contributed by atoms with Gasteiger partial charge in [0.25, 0.3) is 0 Å². The van der Waals surface area contributed by atoms with Crippen LogP contribution in [0.4, 0.5) is 4.39 Å². The van der Waals surface area contributed by atoms with Crippen molar-refractivity contribution in [2.45, 2.75) is 12.5 Å². The van der Waals surface area contributed by atoms with Gasteiger partial charge in [-0.25, -0.2) is 4.39 Å². The van der Waals surface area contributed by atoms with E-state index in [9.17, 15) is 9.50 Å². The molecule has 0 heterocycles. The van der Waals surface area contributed by atoms with E-state index in [0.29, 0.717) is 17.0 Å². The van der Waals surface area contributed by atoms with Crippen molar-refractivity contribution in [2.75, 3.05) is 0 Å². The van der Waals surface area contributed by atoms with Gasteiger partial charge < -0.3 is 5.11 Å². The fraction of sp³-hybridized carbons (Fsp3) is 0.143. The largest absolute Gasteiger partial charge is 0.388 e. The zero-order valence-corrected chi connectivity index (χ0v) is 13.4. The molecule has 0 aliphatic carbocycles. The third kappa shape index (κ3) is 3.81. The number of halogens is 4. The molecule has 100 valence electrons. The van der Waals surface area contributed by atoms with Crippen LogP contribution in [0.2, 0.25) is 10.0 Å². The Kier molecular flexibility index (Phi) is 5.06. The Morgan fingerprint density at radius 2 is 1.89 bits per heavy atom. The van der Waals surface area contributed by atoms with Crippen LogP contribution < -0.4 is 0 Å². The van der Waals surface area contributed by atoms with Gasteiger partial charge in [-0.05, 0) is 64.0 Å². The molecule has 0 bridgehead atoms. The monoisotopic (exact) mass is 410 g/mol. The molecule has 5 heteroatoms. The predicted molar refractivity (Wildman–Crippen MR) is 84.2 cm³/mol. The lowest BCUT2D eigenvalue weighted by atomic mass is 10.0. The van der Waals surface area contributed by atoms with Crippen molar-refractivity contribution in [2.24, 2.45) is 0 Å². The van der Waals surface area contributed by atoms with Crippen LogP contribution in [0.1, 0.15) is 17.2 Å². The van der Waals surface area contributed by atoms with Gasteiger partial charge >= 0.3 is 0 Å². The topological polar surface area (TPSA) is 20.2 Å². The van der Waals surface area contributed by atoms with Crippen molar-refractivity contribution in [3.63, 3.8) is 0 Å². The highest BCUT2D eigenvalue weighted by atomic mass is 127. The van der Waals surface area contributed by atoms with Gasteiger partial charge in [0.2, 0.25) is 0 Å². The van der Waals surface area contributed by atoms with Gasteiger partial charge in [0.1, 0.15) is 5.82 Å². The SMILES string of the molecule is OC(Cc1ccc(Cl)c(F)c1)c1cc(Cl)ccc1I. The number of aliphatic hydroxyl groups excluding tert-OH is 1. The summed E-state index contributed by atoms with van der Waals surface area (Å²) < 4.78 is 14.3.